The fraction of sp³-hybridized carbons (Fsp3) is 0.333. The highest BCUT2D eigenvalue weighted by Gasteiger charge is 2.26. The number of aromatic nitrogens is 2. The number of carbonyl (C=O) groups excluding carboxylic acids is 1. The van der Waals surface area contributed by atoms with Crippen LogP contribution in [0.25, 0.3) is 22.9 Å². The monoisotopic (exact) mass is 471 g/mol. The second-order valence-electron chi connectivity index (χ2n) is 7.63. The molecule has 0 spiro atoms. The third kappa shape index (κ3) is 5.09. The summed E-state index contributed by atoms with van der Waals surface area (Å²) in [5.74, 6) is -0.512. The molecule has 0 aliphatic rings. The second-order valence-corrected chi connectivity index (χ2v) is 9.54. The zero-order valence-electron chi connectivity index (χ0n) is 19.4. The number of carbonyl (C=O) groups is 1. The van der Waals surface area contributed by atoms with Crippen molar-refractivity contribution in [3.8, 4) is 11.3 Å². The predicted octanol–water partition coefficient (Wildman–Crippen LogP) is 3.80. The Morgan fingerprint density at radius 1 is 1.24 bits per heavy atom. The van der Waals surface area contributed by atoms with E-state index < -0.39 is 16.0 Å². The molecule has 0 aliphatic heterocycles. The number of methoxy groups -OCH3 is 2. The Morgan fingerprint density at radius 3 is 2.48 bits per heavy atom. The molecule has 0 fully saturated rings. The number of pyridine rings is 1. The standard InChI is InChI=1S/C24H29N3O5S/c1-6-8-19-15-20-22(24(28)32-4)23(18-11-9-17(7-2)10-12-18)25-26(20)16-21(19)27(13-14-31-3)33(5,29)30/h7,9-12,15-16H,2,6,8,13-14H2,1,3-5H3. The Kier molecular flexibility index (Phi) is 7.55. The quantitative estimate of drug-likeness (QED) is 0.418. The van der Waals surface area contributed by atoms with Gasteiger partial charge in [-0.1, -0.05) is 50.3 Å². The van der Waals surface area contributed by atoms with Crippen molar-refractivity contribution in [3.63, 3.8) is 0 Å². The molecule has 0 saturated carbocycles. The summed E-state index contributed by atoms with van der Waals surface area (Å²) in [6.07, 6.45) is 5.98. The van der Waals surface area contributed by atoms with Gasteiger partial charge in [-0.05, 0) is 23.6 Å². The lowest BCUT2D eigenvalue weighted by Gasteiger charge is -2.24. The van der Waals surface area contributed by atoms with Gasteiger partial charge in [-0.2, -0.15) is 5.10 Å². The largest absolute Gasteiger partial charge is 0.465 e. The van der Waals surface area contributed by atoms with E-state index in [2.05, 4.69) is 11.7 Å². The van der Waals surface area contributed by atoms with Crippen molar-refractivity contribution in [2.45, 2.75) is 19.8 Å². The number of hydrogen-bond donors (Lipinski definition) is 0. The molecule has 0 N–H and O–H groups in total. The van der Waals surface area contributed by atoms with Crippen molar-refractivity contribution in [1.29, 1.82) is 0 Å². The molecule has 0 bridgehead atoms. The van der Waals surface area contributed by atoms with Crippen LogP contribution in [-0.4, -0.2) is 57.6 Å². The number of esters is 1. The lowest BCUT2D eigenvalue weighted by atomic mass is 10.0. The topological polar surface area (TPSA) is 90.2 Å². The number of hydrogen-bond acceptors (Lipinski definition) is 6. The summed E-state index contributed by atoms with van der Waals surface area (Å²) in [6, 6.07) is 9.32. The van der Waals surface area contributed by atoms with E-state index in [0.29, 0.717) is 28.9 Å². The van der Waals surface area contributed by atoms with E-state index in [1.807, 2.05) is 37.3 Å². The molecule has 0 radical (unpaired) electrons. The van der Waals surface area contributed by atoms with E-state index in [-0.39, 0.29) is 13.2 Å². The number of rotatable bonds is 10. The first-order valence-electron chi connectivity index (χ1n) is 10.6. The number of ether oxygens (including phenoxy) is 2. The maximum absolute atomic E-state index is 12.8. The summed E-state index contributed by atoms with van der Waals surface area (Å²) in [5, 5.41) is 4.65. The zero-order chi connectivity index (χ0) is 24.2. The average Bonchev–Trinajstić information content (AvgIpc) is 3.16. The highest BCUT2D eigenvalue weighted by Crippen LogP contribution is 2.32. The summed E-state index contributed by atoms with van der Waals surface area (Å²) in [6.45, 7) is 6.18. The van der Waals surface area contributed by atoms with Gasteiger partial charge in [0.1, 0.15) is 11.3 Å². The van der Waals surface area contributed by atoms with Crippen molar-refractivity contribution in [2.75, 3.05) is 37.9 Å². The van der Waals surface area contributed by atoms with E-state index in [1.165, 1.54) is 18.5 Å². The predicted molar refractivity (Wildman–Crippen MR) is 130 cm³/mol. The maximum atomic E-state index is 12.8. The van der Waals surface area contributed by atoms with Crippen molar-refractivity contribution >= 4 is 33.3 Å². The molecule has 0 amide bonds. The molecule has 9 heteroatoms. The fourth-order valence-electron chi connectivity index (χ4n) is 3.74. The van der Waals surface area contributed by atoms with Gasteiger partial charge in [-0.25, -0.2) is 17.7 Å². The van der Waals surface area contributed by atoms with E-state index in [9.17, 15) is 13.2 Å². The van der Waals surface area contributed by atoms with E-state index in [4.69, 9.17) is 9.47 Å². The number of nitrogens with zero attached hydrogens (tertiary/aromatic N) is 3. The van der Waals surface area contributed by atoms with Gasteiger partial charge in [-0.15, -0.1) is 0 Å². The number of sulfonamides is 1. The highest BCUT2D eigenvalue weighted by molar-refractivity contribution is 7.92. The van der Waals surface area contributed by atoms with Gasteiger partial charge in [0.15, 0.2) is 0 Å². The van der Waals surface area contributed by atoms with Crippen LogP contribution in [0.1, 0.15) is 34.8 Å². The lowest BCUT2D eigenvalue weighted by Crippen LogP contribution is -2.34. The van der Waals surface area contributed by atoms with Crippen LogP contribution >= 0.6 is 0 Å². The molecule has 0 saturated heterocycles. The van der Waals surface area contributed by atoms with Crippen LogP contribution in [0.2, 0.25) is 0 Å². The lowest BCUT2D eigenvalue weighted by molar-refractivity contribution is 0.0604. The van der Waals surface area contributed by atoms with E-state index >= 15 is 0 Å². The van der Waals surface area contributed by atoms with Crippen LogP contribution in [0.3, 0.4) is 0 Å². The van der Waals surface area contributed by atoms with Crippen molar-refractivity contribution < 1.29 is 22.7 Å². The molecule has 2 heterocycles. The van der Waals surface area contributed by atoms with Crippen molar-refractivity contribution in [2.24, 2.45) is 0 Å². The third-order valence-corrected chi connectivity index (χ3v) is 6.51. The molecule has 3 rings (SSSR count). The molecule has 8 nitrogen and oxygen atoms in total. The number of aryl methyl sites for hydroxylation is 1. The molecule has 0 atom stereocenters. The first-order valence-corrected chi connectivity index (χ1v) is 12.4. The molecular weight excluding hydrogens is 442 g/mol. The molecular formula is C24H29N3O5S. The Bertz CT molecular complexity index is 1260. The Hall–Kier alpha value is -3.17. The van der Waals surface area contributed by atoms with Crippen LogP contribution in [0.5, 0.6) is 0 Å². The van der Waals surface area contributed by atoms with Crippen LogP contribution in [0.15, 0.2) is 43.1 Å². The molecule has 0 unspecified atom stereocenters. The third-order valence-electron chi connectivity index (χ3n) is 5.33. The zero-order valence-corrected chi connectivity index (χ0v) is 20.2. The summed E-state index contributed by atoms with van der Waals surface area (Å²) in [7, 11) is -0.721. The minimum Gasteiger partial charge on any atom is -0.465 e. The van der Waals surface area contributed by atoms with Gasteiger partial charge in [0, 0.05) is 12.7 Å². The summed E-state index contributed by atoms with van der Waals surface area (Å²) >= 11 is 0. The number of benzene rings is 1. The highest BCUT2D eigenvalue weighted by atomic mass is 32.2. The Balaban J connectivity index is 2.30. The maximum Gasteiger partial charge on any atom is 0.342 e. The number of anilines is 1. The molecule has 176 valence electrons. The van der Waals surface area contributed by atoms with Gasteiger partial charge in [0.05, 0.1) is 43.9 Å². The second kappa shape index (κ2) is 10.2. The minimum absolute atomic E-state index is 0.165. The fourth-order valence-corrected chi connectivity index (χ4v) is 4.67. The van der Waals surface area contributed by atoms with Crippen molar-refractivity contribution in [3.05, 3.63) is 59.8 Å². The van der Waals surface area contributed by atoms with Gasteiger partial charge < -0.3 is 9.47 Å². The van der Waals surface area contributed by atoms with Crippen LogP contribution in [0.4, 0.5) is 5.69 Å². The first-order chi connectivity index (χ1) is 15.7. The van der Waals surface area contributed by atoms with Crippen LogP contribution < -0.4 is 4.31 Å². The van der Waals surface area contributed by atoms with Gasteiger partial charge >= 0.3 is 5.97 Å². The Labute approximate surface area is 194 Å². The van der Waals surface area contributed by atoms with Gasteiger partial charge in [0.2, 0.25) is 10.0 Å². The molecule has 1 aromatic carbocycles. The normalized spacial score (nSPS) is 11.5. The van der Waals surface area contributed by atoms with E-state index in [1.54, 1.807) is 16.8 Å². The summed E-state index contributed by atoms with van der Waals surface area (Å²) < 4.78 is 38.2. The molecule has 2 aromatic heterocycles. The molecule has 3 aromatic rings. The van der Waals surface area contributed by atoms with Crippen LogP contribution in [-0.2, 0) is 25.9 Å². The minimum atomic E-state index is -3.57. The smallest absolute Gasteiger partial charge is 0.342 e. The summed E-state index contributed by atoms with van der Waals surface area (Å²) in [5.41, 5.74) is 4.33. The SMILES string of the molecule is C=Cc1ccc(-c2nn3cc(N(CCOC)S(C)(=O)=O)c(CCC)cc3c2C(=O)OC)cc1. The molecule has 33 heavy (non-hydrogen) atoms. The summed E-state index contributed by atoms with van der Waals surface area (Å²) in [4.78, 5) is 12.8. The van der Waals surface area contributed by atoms with Gasteiger partial charge in [0.25, 0.3) is 0 Å². The average molecular weight is 472 g/mol. The van der Waals surface area contributed by atoms with Gasteiger partial charge in [-0.3, -0.25) is 4.31 Å². The molecule has 0 aliphatic carbocycles. The first kappa shape index (κ1) is 24.5. The number of fused-ring (bicyclic) bond motifs is 1. The van der Waals surface area contributed by atoms with Crippen molar-refractivity contribution in [1.82, 2.24) is 9.61 Å². The Morgan fingerprint density at radius 2 is 1.94 bits per heavy atom. The van der Waals surface area contributed by atoms with Crippen LogP contribution in [0, 0.1) is 0 Å². The van der Waals surface area contributed by atoms with E-state index in [0.717, 1.165) is 29.4 Å².